The lowest BCUT2D eigenvalue weighted by atomic mass is 10.1. The summed E-state index contributed by atoms with van der Waals surface area (Å²) in [6.45, 7) is 0. The average molecular weight is 282 g/mol. The van der Waals surface area contributed by atoms with E-state index in [-0.39, 0.29) is 17.2 Å². The van der Waals surface area contributed by atoms with Crippen molar-refractivity contribution in [3.8, 4) is 28.7 Å². The van der Waals surface area contributed by atoms with E-state index in [9.17, 15) is 10.2 Å². The molecule has 3 rings (SSSR count). The molecule has 0 bridgehead atoms. The fourth-order valence-corrected chi connectivity index (χ4v) is 2.16. The monoisotopic (exact) mass is 282 g/mol. The second kappa shape index (κ2) is 5.25. The Labute approximate surface area is 121 Å². The predicted molar refractivity (Wildman–Crippen MR) is 80.3 cm³/mol. The smallest absolute Gasteiger partial charge is 0.173 e. The first kappa shape index (κ1) is 13.1. The molecular formula is C17H14O4. The Morgan fingerprint density at radius 2 is 1.43 bits per heavy atom. The topological polar surface area (TPSA) is 58.9 Å². The molecule has 0 atom stereocenters. The first-order valence-corrected chi connectivity index (χ1v) is 6.44. The van der Waals surface area contributed by atoms with Gasteiger partial charge in [-0.15, -0.1) is 0 Å². The molecule has 0 radical (unpaired) electrons. The van der Waals surface area contributed by atoms with Crippen molar-refractivity contribution < 1.29 is 19.7 Å². The van der Waals surface area contributed by atoms with Crippen molar-refractivity contribution in [1.29, 1.82) is 0 Å². The normalized spacial score (nSPS) is 10.5. The van der Waals surface area contributed by atoms with Crippen LogP contribution in [0, 0.1) is 0 Å². The number of hydrogen-bond donors (Lipinski definition) is 2. The number of rotatable bonds is 3. The molecular weight excluding hydrogens is 268 g/mol. The molecule has 0 spiro atoms. The summed E-state index contributed by atoms with van der Waals surface area (Å²) in [6, 6.07) is 15.4. The Morgan fingerprint density at radius 1 is 0.810 bits per heavy atom. The Bertz CT molecular complexity index is 779. The van der Waals surface area contributed by atoms with Crippen LogP contribution in [0.5, 0.6) is 28.7 Å². The van der Waals surface area contributed by atoms with Crippen molar-refractivity contribution in [2.75, 3.05) is 7.11 Å². The third-order valence-electron chi connectivity index (χ3n) is 3.25. The van der Waals surface area contributed by atoms with Crippen molar-refractivity contribution in [1.82, 2.24) is 0 Å². The van der Waals surface area contributed by atoms with Crippen LogP contribution in [0.15, 0.2) is 54.6 Å². The van der Waals surface area contributed by atoms with Crippen LogP contribution in [0.3, 0.4) is 0 Å². The maximum atomic E-state index is 10.3. The molecule has 0 unspecified atom stereocenters. The highest BCUT2D eigenvalue weighted by Gasteiger charge is 2.12. The number of fused-ring (bicyclic) bond motifs is 1. The maximum absolute atomic E-state index is 10.3. The van der Waals surface area contributed by atoms with Crippen molar-refractivity contribution in [2.24, 2.45) is 0 Å². The standard InChI is InChI=1S/C17H14O4/c1-20-11-6-8-12(9-7-11)21-16-10-15(18)13-4-2-3-5-14(13)17(16)19/h2-10,18-19H,1H3. The summed E-state index contributed by atoms with van der Waals surface area (Å²) >= 11 is 0. The predicted octanol–water partition coefficient (Wildman–Crippen LogP) is 4.05. The van der Waals surface area contributed by atoms with Crippen LogP contribution < -0.4 is 9.47 Å². The fraction of sp³-hybridized carbons (Fsp3) is 0.0588. The minimum Gasteiger partial charge on any atom is -0.507 e. The second-order valence-electron chi connectivity index (χ2n) is 4.57. The highest BCUT2D eigenvalue weighted by atomic mass is 16.5. The SMILES string of the molecule is COc1ccc(Oc2cc(O)c3ccccc3c2O)cc1. The Morgan fingerprint density at radius 3 is 2.10 bits per heavy atom. The van der Waals surface area contributed by atoms with Gasteiger partial charge in [0, 0.05) is 16.8 Å². The van der Waals surface area contributed by atoms with Crippen LogP contribution in [0.1, 0.15) is 0 Å². The summed E-state index contributed by atoms with van der Waals surface area (Å²) in [7, 11) is 1.59. The lowest BCUT2D eigenvalue weighted by Crippen LogP contribution is -1.87. The van der Waals surface area contributed by atoms with E-state index in [0.29, 0.717) is 22.3 Å². The molecule has 0 saturated heterocycles. The molecule has 3 aromatic carbocycles. The molecule has 0 amide bonds. The van der Waals surface area contributed by atoms with Crippen LogP contribution in [-0.4, -0.2) is 17.3 Å². The zero-order valence-electron chi connectivity index (χ0n) is 11.4. The quantitative estimate of drug-likeness (QED) is 0.711. The molecule has 0 fully saturated rings. The van der Waals surface area contributed by atoms with E-state index in [0.717, 1.165) is 0 Å². The van der Waals surface area contributed by atoms with Gasteiger partial charge in [0.1, 0.15) is 17.2 Å². The van der Waals surface area contributed by atoms with Gasteiger partial charge in [0.05, 0.1) is 7.11 Å². The molecule has 21 heavy (non-hydrogen) atoms. The first-order chi connectivity index (χ1) is 10.2. The van der Waals surface area contributed by atoms with Gasteiger partial charge in [0.15, 0.2) is 11.5 Å². The summed E-state index contributed by atoms with van der Waals surface area (Å²) < 4.78 is 10.7. The van der Waals surface area contributed by atoms with E-state index < -0.39 is 0 Å². The zero-order valence-corrected chi connectivity index (χ0v) is 11.4. The highest BCUT2D eigenvalue weighted by Crippen LogP contribution is 2.41. The van der Waals surface area contributed by atoms with Gasteiger partial charge in [-0.1, -0.05) is 24.3 Å². The van der Waals surface area contributed by atoms with E-state index in [1.807, 2.05) is 0 Å². The van der Waals surface area contributed by atoms with Gasteiger partial charge in [-0.25, -0.2) is 0 Å². The van der Waals surface area contributed by atoms with Crippen LogP contribution in [0.2, 0.25) is 0 Å². The second-order valence-corrected chi connectivity index (χ2v) is 4.57. The minimum atomic E-state index is -0.000724. The molecule has 0 saturated carbocycles. The third-order valence-corrected chi connectivity index (χ3v) is 3.25. The molecule has 0 aliphatic heterocycles. The number of methoxy groups -OCH3 is 1. The Kier molecular flexibility index (Phi) is 3.28. The molecule has 2 N–H and O–H groups in total. The summed E-state index contributed by atoms with van der Waals surface area (Å²) in [6.07, 6.45) is 0. The van der Waals surface area contributed by atoms with E-state index in [1.165, 1.54) is 6.07 Å². The van der Waals surface area contributed by atoms with Gasteiger partial charge in [0.25, 0.3) is 0 Å². The van der Waals surface area contributed by atoms with E-state index in [1.54, 1.807) is 55.6 Å². The van der Waals surface area contributed by atoms with Gasteiger partial charge in [-0.2, -0.15) is 0 Å². The summed E-state index contributed by atoms with van der Waals surface area (Å²) in [5, 5.41) is 21.4. The lowest BCUT2D eigenvalue weighted by molar-refractivity contribution is 0.404. The molecule has 106 valence electrons. The molecule has 3 aromatic rings. The fourth-order valence-electron chi connectivity index (χ4n) is 2.16. The first-order valence-electron chi connectivity index (χ1n) is 6.44. The molecule has 0 aliphatic carbocycles. The molecule has 4 nitrogen and oxygen atoms in total. The van der Waals surface area contributed by atoms with Crippen molar-refractivity contribution >= 4 is 10.8 Å². The van der Waals surface area contributed by atoms with Crippen LogP contribution in [0.25, 0.3) is 10.8 Å². The van der Waals surface area contributed by atoms with Gasteiger partial charge < -0.3 is 19.7 Å². The largest absolute Gasteiger partial charge is 0.507 e. The number of hydrogen-bond acceptors (Lipinski definition) is 4. The van der Waals surface area contributed by atoms with Gasteiger partial charge >= 0.3 is 0 Å². The summed E-state index contributed by atoms with van der Waals surface area (Å²) in [4.78, 5) is 0. The minimum absolute atomic E-state index is 0.000724. The van der Waals surface area contributed by atoms with E-state index >= 15 is 0 Å². The lowest BCUT2D eigenvalue weighted by Gasteiger charge is -2.11. The number of benzene rings is 3. The van der Waals surface area contributed by atoms with E-state index in [2.05, 4.69) is 0 Å². The maximum Gasteiger partial charge on any atom is 0.173 e. The molecule has 0 aromatic heterocycles. The van der Waals surface area contributed by atoms with Gasteiger partial charge in [-0.05, 0) is 24.3 Å². The molecule has 0 aliphatic rings. The summed E-state index contributed by atoms with van der Waals surface area (Å²) in [5.41, 5.74) is 0. The number of phenolic OH excluding ortho intramolecular Hbond substituents is 2. The number of ether oxygens (including phenoxy) is 2. The Balaban J connectivity index is 2.02. The van der Waals surface area contributed by atoms with Crippen LogP contribution in [-0.2, 0) is 0 Å². The molecule has 4 heteroatoms. The number of aromatic hydroxyl groups is 2. The van der Waals surface area contributed by atoms with Crippen molar-refractivity contribution in [2.45, 2.75) is 0 Å². The zero-order chi connectivity index (χ0) is 14.8. The van der Waals surface area contributed by atoms with Crippen molar-refractivity contribution in [3.63, 3.8) is 0 Å². The summed E-state index contributed by atoms with van der Waals surface area (Å²) in [5.74, 6) is 1.52. The Hall–Kier alpha value is -2.88. The average Bonchev–Trinajstić information content (AvgIpc) is 2.53. The molecule has 0 heterocycles. The van der Waals surface area contributed by atoms with Gasteiger partial charge in [-0.3, -0.25) is 0 Å². The van der Waals surface area contributed by atoms with Crippen LogP contribution in [0.4, 0.5) is 0 Å². The number of phenols is 2. The third kappa shape index (κ3) is 2.43. The van der Waals surface area contributed by atoms with Crippen LogP contribution >= 0.6 is 0 Å². The van der Waals surface area contributed by atoms with Gasteiger partial charge in [0.2, 0.25) is 0 Å². The van der Waals surface area contributed by atoms with E-state index in [4.69, 9.17) is 9.47 Å². The van der Waals surface area contributed by atoms with Crippen molar-refractivity contribution in [3.05, 3.63) is 54.6 Å². The highest BCUT2D eigenvalue weighted by molar-refractivity contribution is 5.95.